The number of thiophene rings is 1. The molecule has 4 aromatic rings. The van der Waals surface area contributed by atoms with Gasteiger partial charge in [-0.15, -0.1) is 11.3 Å². The van der Waals surface area contributed by atoms with E-state index in [1.54, 1.807) is 17.4 Å². The quantitative estimate of drug-likeness (QED) is 0.394. The van der Waals surface area contributed by atoms with Gasteiger partial charge in [0, 0.05) is 35.2 Å². The molecule has 1 saturated heterocycles. The molecule has 0 bridgehead atoms. The van der Waals surface area contributed by atoms with Crippen LogP contribution in [-0.2, 0) is 10.3 Å². The van der Waals surface area contributed by atoms with Crippen molar-refractivity contribution in [3.63, 3.8) is 0 Å². The van der Waals surface area contributed by atoms with Crippen LogP contribution in [0.4, 0.5) is 0 Å². The number of aromatic nitrogens is 1. The summed E-state index contributed by atoms with van der Waals surface area (Å²) in [5.74, 6) is -0.310. The minimum Gasteiger partial charge on any atom is -0.366 e. The Morgan fingerprint density at radius 1 is 1.03 bits per heavy atom. The molecule has 2 amide bonds. The number of rotatable bonds is 7. The van der Waals surface area contributed by atoms with E-state index >= 15 is 0 Å². The monoisotopic (exact) mass is 500 g/mol. The van der Waals surface area contributed by atoms with E-state index in [9.17, 15) is 9.59 Å². The Morgan fingerprint density at radius 2 is 1.78 bits per heavy atom. The Balaban J connectivity index is 1.41. The SMILES string of the molecule is CN(C)C1(c2cccs2)CCN(C(=O)CC(c2ccccc2)n2ccc3ccc(C(N)=O)cc32)CC1. The molecular weight excluding hydrogens is 468 g/mol. The Labute approximate surface area is 215 Å². The van der Waals surface area contributed by atoms with Crippen molar-refractivity contribution in [2.24, 2.45) is 5.73 Å². The highest BCUT2D eigenvalue weighted by atomic mass is 32.1. The van der Waals surface area contributed by atoms with Crippen molar-refractivity contribution in [1.82, 2.24) is 14.4 Å². The number of amides is 2. The van der Waals surface area contributed by atoms with Crippen LogP contribution in [0, 0.1) is 0 Å². The Bertz CT molecular complexity index is 1350. The molecule has 3 heterocycles. The largest absolute Gasteiger partial charge is 0.366 e. The molecule has 36 heavy (non-hydrogen) atoms. The first-order valence-electron chi connectivity index (χ1n) is 12.3. The number of carbonyl (C=O) groups is 2. The van der Waals surface area contributed by atoms with Crippen LogP contribution in [0.5, 0.6) is 0 Å². The van der Waals surface area contributed by atoms with Crippen molar-refractivity contribution in [3.05, 3.63) is 94.3 Å². The van der Waals surface area contributed by atoms with Gasteiger partial charge >= 0.3 is 0 Å². The lowest BCUT2D eigenvalue weighted by Gasteiger charge is -2.46. The zero-order valence-electron chi connectivity index (χ0n) is 20.8. The lowest BCUT2D eigenvalue weighted by molar-refractivity contribution is -0.134. The first-order valence-corrected chi connectivity index (χ1v) is 13.2. The van der Waals surface area contributed by atoms with E-state index in [4.69, 9.17) is 5.73 Å². The number of piperidine rings is 1. The number of primary amides is 1. The molecule has 1 unspecified atom stereocenters. The van der Waals surface area contributed by atoms with E-state index in [0.717, 1.165) is 42.4 Å². The van der Waals surface area contributed by atoms with E-state index in [1.165, 1.54) is 4.88 Å². The van der Waals surface area contributed by atoms with Crippen molar-refractivity contribution in [3.8, 4) is 0 Å². The molecule has 0 radical (unpaired) electrons. The van der Waals surface area contributed by atoms with Gasteiger partial charge in [-0.3, -0.25) is 14.5 Å². The number of hydrogen-bond acceptors (Lipinski definition) is 4. The second-order valence-corrected chi connectivity index (χ2v) is 10.7. The number of carbonyl (C=O) groups excluding carboxylic acids is 2. The fourth-order valence-corrected chi connectivity index (χ4v) is 6.57. The van der Waals surface area contributed by atoms with Crippen LogP contribution in [0.2, 0.25) is 0 Å². The van der Waals surface area contributed by atoms with Gasteiger partial charge in [-0.05, 0) is 67.5 Å². The molecule has 7 heteroatoms. The smallest absolute Gasteiger partial charge is 0.248 e. The zero-order chi connectivity index (χ0) is 25.3. The summed E-state index contributed by atoms with van der Waals surface area (Å²) in [7, 11) is 4.28. The third-order valence-electron chi connectivity index (χ3n) is 7.68. The first-order chi connectivity index (χ1) is 17.4. The molecule has 2 aromatic carbocycles. The first kappa shape index (κ1) is 24.3. The van der Waals surface area contributed by atoms with Gasteiger partial charge in [0.15, 0.2) is 0 Å². The lowest BCUT2D eigenvalue weighted by atomic mass is 9.84. The van der Waals surface area contributed by atoms with Crippen LogP contribution in [0.25, 0.3) is 10.9 Å². The summed E-state index contributed by atoms with van der Waals surface area (Å²) < 4.78 is 2.11. The zero-order valence-corrected chi connectivity index (χ0v) is 21.6. The maximum Gasteiger partial charge on any atom is 0.248 e. The molecule has 6 nitrogen and oxygen atoms in total. The molecule has 186 valence electrons. The molecule has 1 atom stereocenters. The average Bonchev–Trinajstić information content (AvgIpc) is 3.58. The van der Waals surface area contributed by atoms with Gasteiger partial charge < -0.3 is 15.2 Å². The molecule has 0 spiro atoms. The number of fused-ring (bicyclic) bond motifs is 1. The summed E-state index contributed by atoms with van der Waals surface area (Å²) in [5.41, 5.74) is 7.96. The lowest BCUT2D eigenvalue weighted by Crippen LogP contribution is -2.51. The van der Waals surface area contributed by atoms with Gasteiger partial charge in [0.2, 0.25) is 11.8 Å². The Hall–Kier alpha value is -3.42. The molecular formula is C29H32N4O2S. The Kier molecular flexibility index (Phi) is 6.69. The second-order valence-electron chi connectivity index (χ2n) is 9.78. The number of nitrogens with zero attached hydrogens (tertiary/aromatic N) is 3. The number of benzene rings is 2. The number of likely N-dealkylation sites (tertiary alicyclic amines) is 1. The van der Waals surface area contributed by atoms with Crippen LogP contribution >= 0.6 is 11.3 Å². The minimum absolute atomic E-state index is 0.0223. The summed E-state index contributed by atoms with van der Waals surface area (Å²) in [6, 6.07) is 21.7. The summed E-state index contributed by atoms with van der Waals surface area (Å²) >= 11 is 1.80. The molecule has 2 aromatic heterocycles. The molecule has 0 aliphatic carbocycles. The number of nitrogens with two attached hydrogens (primary N) is 1. The van der Waals surface area contributed by atoms with Gasteiger partial charge in [0.1, 0.15) is 0 Å². The topological polar surface area (TPSA) is 71.6 Å². The molecule has 1 aliphatic heterocycles. The minimum atomic E-state index is -0.458. The highest BCUT2D eigenvalue weighted by molar-refractivity contribution is 7.10. The van der Waals surface area contributed by atoms with Crippen molar-refractivity contribution in [2.45, 2.75) is 30.8 Å². The Morgan fingerprint density at radius 3 is 2.42 bits per heavy atom. The maximum absolute atomic E-state index is 13.7. The number of hydrogen-bond donors (Lipinski definition) is 1. The van der Waals surface area contributed by atoms with Crippen LogP contribution in [0.1, 0.15) is 46.1 Å². The second kappa shape index (κ2) is 9.91. The third kappa shape index (κ3) is 4.45. The summed E-state index contributed by atoms with van der Waals surface area (Å²) in [6.45, 7) is 1.46. The molecule has 1 fully saturated rings. The normalized spacial score (nSPS) is 16.4. The summed E-state index contributed by atoms with van der Waals surface area (Å²) in [4.78, 5) is 31.2. The van der Waals surface area contributed by atoms with Crippen molar-refractivity contribution in [2.75, 3.05) is 27.2 Å². The highest BCUT2D eigenvalue weighted by Crippen LogP contribution is 2.40. The standard InChI is InChI=1S/C29H32N4O2S/c1-31(2)29(26-9-6-18-36-26)13-16-32(17-14-29)27(34)20-25(21-7-4-3-5-8-21)33-15-12-22-10-11-23(28(30)35)19-24(22)33/h3-12,15,18-19,25H,13-14,16-17,20H2,1-2H3,(H2,30,35). The van der Waals surface area contributed by atoms with E-state index in [-0.39, 0.29) is 17.5 Å². The highest BCUT2D eigenvalue weighted by Gasteiger charge is 2.40. The van der Waals surface area contributed by atoms with Crippen LogP contribution in [0.15, 0.2) is 78.3 Å². The van der Waals surface area contributed by atoms with Crippen LogP contribution in [0.3, 0.4) is 0 Å². The van der Waals surface area contributed by atoms with Crippen LogP contribution in [-0.4, -0.2) is 53.4 Å². The van der Waals surface area contributed by atoms with Gasteiger partial charge in [0.25, 0.3) is 0 Å². The molecule has 2 N–H and O–H groups in total. The summed E-state index contributed by atoms with van der Waals surface area (Å²) in [5, 5.41) is 3.14. The maximum atomic E-state index is 13.7. The van der Waals surface area contributed by atoms with E-state index < -0.39 is 5.91 Å². The van der Waals surface area contributed by atoms with Crippen molar-refractivity contribution in [1.29, 1.82) is 0 Å². The van der Waals surface area contributed by atoms with Crippen molar-refractivity contribution >= 4 is 34.1 Å². The fraction of sp³-hybridized carbons (Fsp3) is 0.310. The van der Waals surface area contributed by atoms with Crippen LogP contribution < -0.4 is 5.73 Å². The van der Waals surface area contributed by atoms with Gasteiger partial charge in [0.05, 0.1) is 18.0 Å². The van der Waals surface area contributed by atoms with E-state index in [1.807, 2.05) is 47.5 Å². The van der Waals surface area contributed by atoms with Gasteiger partial charge in [-0.1, -0.05) is 42.5 Å². The molecule has 1 aliphatic rings. The summed E-state index contributed by atoms with van der Waals surface area (Å²) in [6.07, 6.45) is 4.18. The van der Waals surface area contributed by atoms with Crippen molar-refractivity contribution < 1.29 is 9.59 Å². The van der Waals surface area contributed by atoms with Gasteiger partial charge in [-0.2, -0.15) is 0 Å². The predicted molar refractivity (Wildman–Crippen MR) is 145 cm³/mol. The van der Waals surface area contributed by atoms with E-state index in [2.05, 4.69) is 53.2 Å². The molecule has 5 rings (SSSR count). The van der Waals surface area contributed by atoms with E-state index in [0.29, 0.717) is 12.0 Å². The molecule has 0 saturated carbocycles. The average molecular weight is 501 g/mol. The van der Waals surface area contributed by atoms with Gasteiger partial charge in [-0.25, -0.2) is 0 Å². The fourth-order valence-electron chi connectivity index (χ4n) is 5.50. The third-order valence-corrected chi connectivity index (χ3v) is 8.74. The predicted octanol–water partition coefficient (Wildman–Crippen LogP) is 4.86.